The molecule has 0 radical (unpaired) electrons. The predicted molar refractivity (Wildman–Crippen MR) is 138 cm³/mol. The van der Waals surface area contributed by atoms with Crippen molar-refractivity contribution >= 4 is 39.6 Å². The van der Waals surface area contributed by atoms with Crippen molar-refractivity contribution in [2.75, 3.05) is 0 Å². The van der Waals surface area contributed by atoms with Gasteiger partial charge in [0.2, 0.25) is 0 Å². The quantitative estimate of drug-likeness (QED) is 0.292. The van der Waals surface area contributed by atoms with Gasteiger partial charge < -0.3 is 15.1 Å². The molecule has 3 heterocycles. The zero-order chi connectivity index (χ0) is 24.0. The maximum atomic E-state index is 7.17. The fourth-order valence-corrected chi connectivity index (χ4v) is 3.08. The van der Waals surface area contributed by atoms with Crippen molar-refractivity contribution in [3.05, 3.63) is 128 Å². The number of aromatic nitrogens is 3. The van der Waals surface area contributed by atoms with Gasteiger partial charge in [-0.1, -0.05) is 72.8 Å². The van der Waals surface area contributed by atoms with Crippen LogP contribution in [0.1, 0.15) is 0 Å². The van der Waals surface area contributed by atoms with E-state index in [1.807, 2.05) is 91.8 Å². The van der Waals surface area contributed by atoms with Crippen LogP contribution in [0.2, 0.25) is 0 Å². The van der Waals surface area contributed by atoms with Gasteiger partial charge in [0.05, 0.1) is 0 Å². The summed E-state index contributed by atoms with van der Waals surface area (Å²) in [6.07, 6.45) is 11.0. The molecule has 0 spiro atoms. The van der Waals surface area contributed by atoms with Crippen LogP contribution in [0.15, 0.2) is 128 Å². The smallest absolute Gasteiger partial charge is 0.402 e. The molecule has 3 N–H and O–H groups in total. The summed E-state index contributed by atoms with van der Waals surface area (Å²) in [5, 5.41) is 28.8. The van der Waals surface area contributed by atoms with E-state index in [0.717, 1.165) is 0 Å². The molecule has 0 fully saturated rings. The van der Waals surface area contributed by atoms with E-state index in [0.29, 0.717) is 0 Å². The molecule has 0 unspecified atom stereocenters. The number of hydrogen-bond donors (Lipinski definition) is 3. The van der Waals surface area contributed by atoms with Crippen LogP contribution in [-0.2, 0) is 0 Å². The Bertz CT molecular complexity index is 1060. The van der Waals surface area contributed by atoms with Gasteiger partial charge in [0.1, 0.15) is 0 Å². The number of benzene rings is 3. The Hall–Kier alpha value is -4.17. The van der Waals surface area contributed by atoms with Gasteiger partial charge in [0.25, 0.3) is 0 Å². The van der Waals surface area contributed by atoms with Crippen molar-refractivity contribution in [2.45, 2.75) is 0 Å². The van der Waals surface area contributed by atoms with Gasteiger partial charge in [0.15, 0.2) is 0 Å². The van der Waals surface area contributed by atoms with Crippen molar-refractivity contribution in [1.82, 2.24) is 15.0 Å². The van der Waals surface area contributed by atoms with E-state index in [2.05, 4.69) is 51.4 Å². The Labute approximate surface area is 198 Å². The normalized spacial score (nSPS) is 9.62. The second kappa shape index (κ2) is 13.4. The maximum Gasteiger partial charge on any atom is 0.631 e. The lowest BCUT2D eigenvalue weighted by Crippen LogP contribution is -2.07. The molecule has 0 aliphatic carbocycles. The van der Waals surface area contributed by atoms with Crippen LogP contribution in [0.25, 0.3) is 32.3 Å². The molecule has 168 valence electrons. The minimum Gasteiger partial charge on any atom is -0.402 e. The average Bonchev–Trinajstić information content (AvgIpc) is 2.89. The third-order valence-corrected chi connectivity index (χ3v) is 4.65. The molecule has 0 bridgehead atoms. The molecule has 34 heavy (non-hydrogen) atoms. The first-order valence-electron chi connectivity index (χ1n) is 10.5. The highest BCUT2D eigenvalue weighted by Crippen LogP contribution is 2.11. The topological polar surface area (TPSA) is 99.4 Å². The first-order chi connectivity index (χ1) is 16.6. The summed E-state index contributed by atoms with van der Waals surface area (Å²) in [6.45, 7) is 0. The van der Waals surface area contributed by atoms with Crippen LogP contribution in [0.4, 0.5) is 0 Å². The minimum absolute atomic E-state index is 1.20. The highest BCUT2D eigenvalue weighted by Gasteiger charge is 1.92. The SMILES string of the molecule is OB(O)O.c1ccc2cnccc2c1.c1ccc2cnccc2c1.c1ccc2cnccc2c1. The van der Waals surface area contributed by atoms with E-state index >= 15 is 0 Å². The highest BCUT2D eigenvalue weighted by atomic mass is 16.5. The molecule has 3 aromatic carbocycles. The predicted octanol–water partition coefficient (Wildman–Crippen LogP) is 4.65. The standard InChI is InChI=1S/3C9H7N.BH3O3/c3*1-2-4-9-7-10-6-5-8(9)3-1;2-1(3)4/h3*1-7H;2-4H. The third-order valence-electron chi connectivity index (χ3n) is 4.65. The first-order valence-corrected chi connectivity index (χ1v) is 10.5. The average molecular weight is 449 g/mol. The van der Waals surface area contributed by atoms with Crippen molar-refractivity contribution < 1.29 is 15.1 Å². The molecule has 0 amide bonds. The zero-order valence-electron chi connectivity index (χ0n) is 18.4. The summed E-state index contributed by atoms with van der Waals surface area (Å²) in [4.78, 5) is 12.0. The van der Waals surface area contributed by atoms with Crippen LogP contribution < -0.4 is 0 Å². The number of pyridine rings is 3. The Morgan fingerprint density at radius 3 is 0.853 bits per heavy atom. The molecule has 0 aliphatic heterocycles. The van der Waals surface area contributed by atoms with Crippen molar-refractivity contribution in [3.63, 3.8) is 0 Å². The largest absolute Gasteiger partial charge is 0.631 e. The summed E-state index contributed by atoms with van der Waals surface area (Å²) >= 11 is 0. The monoisotopic (exact) mass is 449 g/mol. The van der Waals surface area contributed by atoms with Gasteiger partial charge in [-0.15, -0.1) is 0 Å². The highest BCUT2D eigenvalue weighted by molar-refractivity contribution is 6.30. The maximum absolute atomic E-state index is 7.17. The van der Waals surface area contributed by atoms with Crippen molar-refractivity contribution in [1.29, 1.82) is 0 Å². The van der Waals surface area contributed by atoms with E-state index in [1.165, 1.54) is 32.3 Å². The number of hydrogen-bond acceptors (Lipinski definition) is 6. The minimum atomic E-state index is -2.17. The van der Waals surface area contributed by atoms with Gasteiger partial charge in [0, 0.05) is 37.2 Å². The van der Waals surface area contributed by atoms with E-state index in [4.69, 9.17) is 15.1 Å². The Morgan fingerprint density at radius 2 is 0.618 bits per heavy atom. The number of fused-ring (bicyclic) bond motifs is 3. The van der Waals surface area contributed by atoms with E-state index in [1.54, 1.807) is 0 Å². The molecule has 0 aliphatic rings. The van der Waals surface area contributed by atoms with E-state index in [9.17, 15) is 0 Å². The van der Waals surface area contributed by atoms with E-state index < -0.39 is 7.32 Å². The van der Waals surface area contributed by atoms with Crippen LogP contribution in [0.3, 0.4) is 0 Å². The molecule has 6 nitrogen and oxygen atoms in total. The van der Waals surface area contributed by atoms with Crippen LogP contribution in [0, 0.1) is 0 Å². The molecule has 3 aromatic heterocycles. The van der Waals surface area contributed by atoms with Crippen molar-refractivity contribution in [3.8, 4) is 0 Å². The fourth-order valence-electron chi connectivity index (χ4n) is 3.08. The number of rotatable bonds is 0. The van der Waals surface area contributed by atoms with Crippen molar-refractivity contribution in [2.24, 2.45) is 0 Å². The zero-order valence-corrected chi connectivity index (χ0v) is 18.4. The lowest BCUT2D eigenvalue weighted by molar-refractivity contribution is 0.278. The molecule has 6 aromatic rings. The van der Waals surface area contributed by atoms with Gasteiger partial charge in [-0.05, 0) is 50.5 Å². The fraction of sp³-hybridized carbons (Fsp3) is 0. The Morgan fingerprint density at radius 1 is 0.382 bits per heavy atom. The molecule has 0 saturated heterocycles. The second-order valence-corrected chi connectivity index (χ2v) is 7.01. The number of nitrogens with zero attached hydrogens (tertiary/aromatic N) is 3. The van der Waals surface area contributed by atoms with Gasteiger partial charge in [-0.3, -0.25) is 15.0 Å². The lowest BCUT2D eigenvalue weighted by Gasteiger charge is -1.91. The van der Waals surface area contributed by atoms with E-state index in [-0.39, 0.29) is 0 Å². The summed E-state index contributed by atoms with van der Waals surface area (Å²) in [6, 6.07) is 30.6. The Kier molecular flexibility index (Phi) is 9.65. The first kappa shape index (κ1) is 24.5. The van der Waals surface area contributed by atoms with Crippen LogP contribution >= 0.6 is 0 Å². The molecule has 0 atom stereocenters. The Balaban J connectivity index is 0.000000133. The second-order valence-electron chi connectivity index (χ2n) is 7.01. The van der Waals surface area contributed by atoms with Crippen LogP contribution in [0.5, 0.6) is 0 Å². The lowest BCUT2D eigenvalue weighted by atomic mass is 10.2. The summed E-state index contributed by atoms with van der Waals surface area (Å²) in [7, 11) is -2.17. The van der Waals surface area contributed by atoms with Crippen LogP contribution in [-0.4, -0.2) is 37.3 Å². The molecule has 6 rings (SSSR count). The third kappa shape index (κ3) is 8.07. The summed E-state index contributed by atoms with van der Waals surface area (Å²) < 4.78 is 0. The van der Waals surface area contributed by atoms with Gasteiger partial charge in [-0.25, -0.2) is 0 Å². The molecular formula is C27H24BN3O3. The molecule has 0 saturated carbocycles. The summed E-state index contributed by atoms with van der Waals surface area (Å²) in [5.74, 6) is 0. The molecule has 7 heteroatoms. The molecular weight excluding hydrogens is 425 g/mol. The summed E-state index contributed by atoms with van der Waals surface area (Å²) in [5.41, 5.74) is 0. The van der Waals surface area contributed by atoms with Gasteiger partial charge >= 0.3 is 7.32 Å². The van der Waals surface area contributed by atoms with Gasteiger partial charge in [-0.2, -0.15) is 0 Å².